The number of nitrogens with zero attached hydrogens (tertiary/aromatic N) is 4. The number of sulfonamides is 1. The van der Waals surface area contributed by atoms with Gasteiger partial charge in [0.25, 0.3) is 10.0 Å². The fourth-order valence-corrected chi connectivity index (χ4v) is 3.78. The van der Waals surface area contributed by atoms with Gasteiger partial charge in [-0.05, 0) is 35.9 Å². The Labute approximate surface area is 153 Å². The Hall–Kier alpha value is -2.93. The third kappa shape index (κ3) is 3.67. The van der Waals surface area contributed by atoms with Crippen LogP contribution in [-0.2, 0) is 10.0 Å². The van der Waals surface area contributed by atoms with Gasteiger partial charge in [0, 0.05) is 38.6 Å². The summed E-state index contributed by atoms with van der Waals surface area (Å²) in [5.74, 6) is 0.320. The van der Waals surface area contributed by atoms with Gasteiger partial charge in [-0.3, -0.25) is 0 Å². The number of hydrazone groups is 1. The van der Waals surface area contributed by atoms with Gasteiger partial charge in [-0.15, -0.1) is 4.40 Å². The zero-order chi connectivity index (χ0) is 18.7. The van der Waals surface area contributed by atoms with E-state index >= 15 is 0 Å². The highest BCUT2D eigenvalue weighted by atomic mass is 32.2. The first-order valence-electron chi connectivity index (χ1n) is 8.04. The van der Waals surface area contributed by atoms with E-state index in [1.54, 1.807) is 43.6 Å². The van der Waals surface area contributed by atoms with E-state index in [1.165, 1.54) is 5.01 Å². The van der Waals surface area contributed by atoms with Crippen molar-refractivity contribution in [2.24, 2.45) is 9.50 Å². The maximum absolute atomic E-state index is 12.1. The number of benzene rings is 2. The Kier molecular flexibility index (Phi) is 4.90. The highest BCUT2D eigenvalue weighted by Crippen LogP contribution is 2.26. The van der Waals surface area contributed by atoms with Gasteiger partial charge in [-0.2, -0.15) is 13.5 Å². The molecule has 0 unspecified atom stereocenters. The lowest BCUT2D eigenvalue weighted by Crippen LogP contribution is -2.20. The van der Waals surface area contributed by atoms with Crippen LogP contribution in [0.25, 0.3) is 6.08 Å². The minimum absolute atomic E-state index is 0.216. The summed E-state index contributed by atoms with van der Waals surface area (Å²) in [6.07, 6.45) is 5.34. The SMILES string of the molecule is CN(N=CC=Cc1ccc(N(C)C)cc1)C1=NS(=O)(=O)c2ccccc21. The molecule has 0 fully saturated rings. The summed E-state index contributed by atoms with van der Waals surface area (Å²) in [5.41, 5.74) is 2.75. The van der Waals surface area contributed by atoms with Gasteiger partial charge in [-0.1, -0.05) is 30.3 Å². The molecule has 0 saturated carbocycles. The summed E-state index contributed by atoms with van der Waals surface area (Å²) in [6, 6.07) is 14.9. The van der Waals surface area contributed by atoms with Crippen LogP contribution in [0.3, 0.4) is 0 Å². The molecule has 0 spiro atoms. The van der Waals surface area contributed by atoms with Crippen molar-refractivity contribution in [3.05, 3.63) is 65.7 Å². The molecule has 7 heteroatoms. The standard InChI is InChI=1S/C19H20N4O2S/c1-22(2)16-12-10-15(11-13-16)7-6-14-20-23(3)19-17-8-4-5-9-18(17)26(24,25)21-19/h4-14H,1-3H3. The second-order valence-corrected chi connectivity index (χ2v) is 7.59. The van der Waals surface area contributed by atoms with Crippen LogP contribution in [0.1, 0.15) is 11.1 Å². The summed E-state index contributed by atoms with van der Waals surface area (Å²) in [4.78, 5) is 2.26. The number of hydrogen-bond acceptors (Lipinski definition) is 5. The number of amidine groups is 1. The second kappa shape index (κ2) is 7.13. The molecule has 0 aromatic heterocycles. The van der Waals surface area contributed by atoms with Crippen LogP contribution in [0.4, 0.5) is 5.69 Å². The van der Waals surface area contributed by atoms with Gasteiger partial charge in [0.2, 0.25) is 0 Å². The normalized spacial score (nSPS) is 15.3. The molecule has 0 radical (unpaired) electrons. The van der Waals surface area contributed by atoms with Crippen molar-refractivity contribution < 1.29 is 8.42 Å². The fourth-order valence-electron chi connectivity index (χ4n) is 2.55. The zero-order valence-electron chi connectivity index (χ0n) is 14.9. The maximum Gasteiger partial charge on any atom is 0.285 e. The Morgan fingerprint density at radius 1 is 1.00 bits per heavy atom. The minimum atomic E-state index is -3.63. The molecule has 2 aromatic carbocycles. The van der Waals surface area contributed by atoms with Gasteiger partial charge >= 0.3 is 0 Å². The van der Waals surface area contributed by atoms with Crippen LogP contribution in [0, 0.1) is 0 Å². The Balaban J connectivity index is 1.71. The van der Waals surface area contributed by atoms with Gasteiger partial charge in [-0.25, -0.2) is 5.01 Å². The number of rotatable bonds is 4. The first-order chi connectivity index (χ1) is 12.4. The van der Waals surface area contributed by atoms with Gasteiger partial charge < -0.3 is 4.90 Å². The summed E-state index contributed by atoms with van der Waals surface area (Å²) >= 11 is 0. The van der Waals surface area contributed by atoms with Crippen LogP contribution in [-0.4, -0.2) is 46.6 Å². The maximum atomic E-state index is 12.1. The van der Waals surface area contributed by atoms with E-state index in [0.29, 0.717) is 11.4 Å². The second-order valence-electron chi connectivity index (χ2n) is 6.02. The lowest BCUT2D eigenvalue weighted by Gasteiger charge is -2.12. The molecule has 1 aliphatic rings. The van der Waals surface area contributed by atoms with E-state index in [1.807, 2.05) is 49.3 Å². The molecule has 0 bridgehead atoms. The lowest BCUT2D eigenvalue weighted by molar-refractivity contribution is 0.549. The van der Waals surface area contributed by atoms with Crippen molar-refractivity contribution >= 4 is 33.8 Å². The summed E-state index contributed by atoms with van der Waals surface area (Å²) in [5, 5.41) is 5.71. The number of allylic oxidation sites excluding steroid dienone is 1. The van der Waals surface area contributed by atoms with E-state index in [2.05, 4.69) is 9.50 Å². The third-order valence-corrected chi connectivity index (χ3v) is 5.27. The van der Waals surface area contributed by atoms with Crippen LogP contribution < -0.4 is 4.90 Å². The molecule has 2 aromatic rings. The molecule has 1 aliphatic heterocycles. The van der Waals surface area contributed by atoms with Crippen LogP contribution in [0.5, 0.6) is 0 Å². The van der Waals surface area contributed by atoms with Crippen molar-refractivity contribution in [3.63, 3.8) is 0 Å². The average molecular weight is 368 g/mol. The molecule has 3 rings (SSSR count). The molecule has 0 amide bonds. The van der Waals surface area contributed by atoms with Crippen molar-refractivity contribution in [2.45, 2.75) is 4.90 Å². The summed E-state index contributed by atoms with van der Waals surface area (Å²) in [7, 11) is 2.03. The quantitative estimate of drug-likeness (QED) is 0.615. The van der Waals surface area contributed by atoms with Gasteiger partial charge in [0.05, 0.1) is 0 Å². The summed E-state index contributed by atoms with van der Waals surface area (Å²) < 4.78 is 28.0. The largest absolute Gasteiger partial charge is 0.378 e. The predicted octanol–water partition coefficient (Wildman–Crippen LogP) is 2.83. The molecule has 26 heavy (non-hydrogen) atoms. The van der Waals surface area contributed by atoms with Crippen LogP contribution in [0.15, 0.2) is 69.0 Å². The fraction of sp³-hybridized carbons (Fsp3) is 0.158. The van der Waals surface area contributed by atoms with Crippen molar-refractivity contribution in [3.8, 4) is 0 Å². The molecular formula is C19H20N4O2S. The zero-order valence-corrected chi connectivity index (χ0v) is 15.7. The van der Waals surface area contributed by atoms with Crippen molar-refractivity contribution in [1.82, 2.24) is 5.01 Å². The molecule has 1 heterocycles. The Morgan fingerprint density at radius 3 is 2.38 bits per heavy atom. The van der Waals surface area contributed by atoms with Crippen molar-refractivity contribution in [2.75, 3.05) is 26.0 Å². The van der Waals surface area contributed by atoms with Gasteiger partial charge in [0.15, 0.2) is 5.84 Å². The van der Waals surface area contributed by atoms with E-state index < -0.39 is 10.0 Å². The lowest BCUT2D eigenvalue weighted by atomic mass is 10.2. The molecule has 134 valence electrons. The van der Waals surface area contributed by atoms with Crippen LogP contribution in [0.2, 0.25) is 0 Å². The highest BCUT2D eigenvalue weighted by molar-refractivity contribution is 7.90. The molecule has 0 saturated heterocycles. The molecular weight excluding hydrogens is 348 g/mol. The topological polar surface area (TPSA) is 65.3 Å². The van der Waals surface area contributed by atoms with Crippen molar-refractivity contribution in [1.29, 1.82) is 0 Å². The van der Waals surface area contributed by atoms with E-state index in [0.717, 1.165) is 11.3 Å². The number of hydrogen-bond donors (Lipinski definition) is 0. The Bertz CT molecular complexity index is 990. The monoisotopic (exact) mass is 368 g/mol. The predicted molar refractivity (Wildman–Crippen MR) is 106 cm³/mol. The Morgan fingerprint density at radius 2 is 1.69 bits per heavy atom. The van der Waals surface area contributed by atoms with E-state index in [-0.39, 0.29) is 4.90 Å². The van der Waals surface area contributed by atoms with Crippen LogP contribution >= 0.6 is 0 Å². The smallest absolute Gasteiger partial charge is 0.285 e. The molecule has 0 aliphatic carbocycles. The minimum Gasteiger partial charge on any atom is -0.378 e. The molecule has 0 atom stereocenters. The van der Waals surface area contributed by atoms with E-state index in [9.17, 15) is 8.42 Å². The third-order valence-electron chi connectivity index (χ3n) is 3.94. The first-order valence-corrected chi connectivity index (χ1v) is 9.48. The first kappa shape index (κ1) is 17.9. The highest BCUT2D eigenvalue weighted by Gasteiger charge is 2.30. The molecule has 6 nitrogen and oxygen atoms in total. The van der Waals surface area contributed by atoms with Gasteiger partial charge in [0.1, 0.15) is 4.90 Å². The summed E-state index contributed by atoms with van der Waals surface area (Å²) in [6.45, 7) is 0. The number of fused-ring (bicyclic) bond motifs is 1. The number of anilines is 1. The average Bonchev–Trinajstić information content (AvgIpc) is 2.91. The van der Waals surface area contributed by atoms with E-state index in [4.69, 9.17) is 0 Å². The molecule has 0 N–H and O–H groups in total.